The van der Waals surface area contributed by atoms with Crippen LogP contribution in [0, 0.1) is 6.92 Å². The van der Waals surface area contributed by atoms with Crippen LogP contribution in [0.2, 0.25) is 0 Å². The Balaban J connectivity index is 1.77. The van der Waals surface area contributed by atoms with Gasteiger partial charge in [-0.05, 0) is 25.1 Å². The molecule has 0 bridgehead atoms. The molecule has 9 heteroatoms. The number of hydrogen-bond donors (Lipinski definition) is 2. The summed E-state index contributed by atoms with van der Waals surface area (Å²) in [5.74, 6) is 0.524. The zero-order valence-electron chi connectivity index (χ0n) is 14.0. The lowest BCUT2D eigenvalue weighted by molar-refractivity contribution is -0.137. The molecule has 0 atom stereocenters. The van der Waals surface area contributed by atoms with Gasteiger partial charge in [-0.2, -0.15) is 18.3 Å². The highest BCUT2D eigenvalue weighted by Crippen LogP contribution is 2.37. The van der Waals surface area contributed by atoms with Crippen molar-refractivity contribution in [1.29, 1.82) is 0 Å². The Hall–Kier alpha value is -3.49. The number of benzene rings is 2. The van der Waals surface area contributed by atoms with Crippen LogP contribution in [0.3, 0.4) is 0 Å². The molecule has 0 aliphatic heterocycles. The Kier molecular flexibility index (Phi) is 3.98. The second-order valence-electron chi connectivity index (χ2n) is 5.86. The van der Waals surface area contributed by atoms with Crippen LogP contribution in [0.25, 0.3) is 22.2 Å². The van der Waals surface area contributed by atoms with Gasteiger partial charge in [-0.1, -0.05) is 30.3 Å². The van der Waals surface area contributed by atoms with Crippen LogP contribution in [-0.4, -0.2) is 25.4 Å². The topological polar surface area (TPSA) is 79.4 Å². The summed E-state index contributed by atoms with van der Waals surface area (Å²) in [4.78, 5) is 4.26. The largest absolute Gasteiger partial charge is 0.417 e. The number of hydrogen-bond acceptors (Lipinski definition) is 5. The molecule has 0 fully saturated rings. The molecule has 0 unspecified atom stereocenters. The molecule has 136 valence electrons. The van der Waals surface area contributed by atoms with Crippen LogP contribution < -0.4 is 5.32 Å². The van der Waals surface area contributed by atoms with Gasteiger partial charge in [0.25, 0.3) is 0 Å². The van der Waals surface area contributed by atoms with E-state index in [9.17, 15) is 13.2 Å². The molecule has 0 aliphatic rings. The lowest BCUT2D eigenvalue weighted by Crippen LogP contribution is -2.09. The molecular weight excluding hydrogens is 357 g/mol. The molecule has 0 spiro atoms. The minimum atomic E-state index is -4.50. The first-order valence-electron chi connectivity index (χ1n) is 8.01. The van der Waals surface area contributed by atoms with E-state index >= 15 is 0 Å². The first-order chi connectivity index (χ1) is 12.9. The van der Waals surface area contributed by atoms with Crippen LogP contribution in [0.5, 0.6) is 0 Å². The number of H-pyrrole nitrogens is 1. The summed E-state index contributed by atoms with van der Waals surface area (Å²) in [5.41, 5.74) is 0.393. The monoisotopic (exact) mass is 370 g/mol. The van der Waals surface area contributed by atoms with Crippen molar-refractivity contribution < 1.29 is 13.2 Å². The predicted octanol–water partition coefficient (Wildman–Crippen LogP) is 4.49. The summed E-state index contributed by atoms with van der Waals surface area (Å²) < 4.78 is 40.1. The van der Waals surface area contributed by atoms with E-state index in [1.807, 2.05) is 24.3 Å². The Morgan fingerprint density at radius 1 is 0.963 bits per heavy atom. The molecule has 0 radical (unpaired) electrons. The molecule has 0 amide bonds. The lowest BCUT2D eigenvalue weighted by Gasteiger charge is -2.13. The highest BCUT2D eigenvalue weighted by atomic mass is 19.4. The SMILES string of the molecule is Cc1nnc(Nc2n[nH]c3ccccc23)nc1-c1ccccc1C(F)(F)F. The summed E-state index contributed by atoms with van der Waals surface area (Å²) in [6.07, 6.45) is -4.50. The number of anilines is 2. The van der Waals surface area contributed by atoms with E-state index < -0.39 is 11.7 Å². The molecule has 2 aromatic heterocycles. The van der Waals surface area contributed by atoms with Crippen molar-refractivity contribution >= 4 is 22.7 Å². The third kappa shape index (κ3) is 3.19. The number of fused-ring (bicyclic) bond motifs is 1. The van der Waals surface area contributed by atoms with Gasteiger partial charge in [-0.3, -0.25) is 5.10 Å². The molecule has 2 heterocycles. The van der Waals surface area contributed by atoms with Crippen LogP contribution in [0.4, 0.5) is 24.9 Å². The van der Waals surface area contributed by atoms with Crippen molar-refractivity contribution in [3.8, 4) is 11.3 Å². The molecule has 27 heavy (non-hydrogen) atoms. The third-order valence-corrected chi connectivity index (χ3v) is 4.04. The lowest BCUT2D eigenvalue weighted by atomic mass is 10.0. The summed E-state index contributed by atoms with van der Waals surface area (Å²) in [7, 11) is 0. The molecule has 0 saturated carbocycles. The number of nitrogens with zero attached hydrogens (tertiary/aromatic N) is 4. The number of aromatic amines is 1. The van der Waals surface area contributed by atoms with Crippen molar-refractivity contribution in [2.75, 3.05) is 5.32 Å². The average Bonchev–Trinajstić information content (AvgIpc) is 3.06. The Morgan fingerprint density at radius 2 is 1.70 bits per heavy atom. The maximum Gasteiger partial charge on any atom is 0.417 e. The van der Waals surface area contributed by atoms with Crippen LogP contribution in [0.1, 0.15) is 11.3 Å². The quantitative estimate of drug-likeness (QED) is 0.556. The smallest absolute Gasteiger partial charge is 0.305 e. The Labute approximate surface area is 151 Å². The van der Waals surface area contributed by atoms with E-state index in [0.717, 1.165) is 17.0 Å². The van der Waals surface area contributed by atoms with Crippen LogP contribution in [0.15, 0.2) is 48.5 Å². The highest BCUT2D eigenvalue weighted by molar-refractivity contribution is 5.90. The van der Waals surface area contributed by atoms with Gasteiger partial charge in [0.2, 0.25) is 5.95 Å². The Bertz CT molecular complexity index is 1120. The van der Waals surface area contributed by atoms with Gasteiger partial charge in [0.15, 0.2) is 5.82 Å². The maximum absolute atomic E-state index is 13.4. The standard InChI is InChI=1S/C18H13F3N6/c1-10-15(11-6-2-4-8-13(11)18(19,20)21)22-17(27-24-10)23-16-12-7-3-5-9-14(12)25-26-16/h2-9H,1H3,(H2,22,23,25,26,27). The fraction of sp³-hybridized carbons (Fsp3) is 0.111. The summed E-state index contributed by atoms with van der Waals surface area (Å²) >= 11 is 0. The van der Waals surface area contributed by atoms with Crippen molar-refractivity contribution in [1.82, 2.24) is 25.4 Å². The summed E-state index contributed by atoms with van der Waals surface area (Å²) in [6, 6.07) is 12.7. The van der Waals surface area contributed by atoms with Crippen molar-refractivity contribution in [2.45, 2.75) is 13.1 Å². The zero-order valence-corrected chi connectivity index (χ0v) is 14.0. The van der Waals surface area contributed by atoms with E-state index in [1.165, 1.54) is 18.2 Å². The van der Waals surface area contributed by atoms with Gasteiger partial charge < -0.3 is 5.32 Å². The second kappa shape index (κ2) is 6.35. The number of aryl methyl sites for hydroxylation is 1. The number of nitrogens with one attached hydrogen (secondary N) is 2. The van der Waals surface area contributed by atoms with E-state index in [0.29, 0.717) is 11.5 Å². The highest BCUT2D eigenvalue weighted by Gasteiger charge is 2.34. The fourth-order valence-corrected chi connectivity index (χ4v) is 2.79. The minimum Gasteiger partial charge on any atom is -0.305 e. The van der Waals surface area contributed by atoms with E-state index in [4.69, 9.17) is 0 Å². The van der Waals surface area contributed by atoms with Gasteiger partial charge in [-0.15, -0.1) is 10.2 Å². The number of halogens is 3. The zero-order chi connectivity index (χ0) is 19.0. The van der Waals surface area contributed by atoms with Crippen molar-refractivity contribution in [3.05, 3.63) is 59.8 Å². The average molecular weight is 370 g/mol. The number of rotatable bonds is 3. The number of aromatic nitrogens is 5. The molecule has 6 nitrogen and oxygen atoms in total. The van der Waals surface area contributed by atoms with Gasteiger partial charge in [-0.25, -0.2) is 4.98 Å². The minimum absolute atomic E-state index is 0.0488. The summed E-state index contributed by atoms with van der Waals surface area (Å²) in [6.45, 7) is 1.57. The van der Waals surface area contributed by atoms with Crippen LogP contribution in [-0.2, 0) is 6.18 Å². The van der Waals surface area contributed by atoms with E-state index in [-0.39, 0.29) is 17.2 Å². The second-order valence-corrected chi connectivity index (χ2v) is 5.86. The molecule has 4 aromatic rings. The molecule has 0 aliphatic carbocycles. The predicted molar refractivity (Wildman–Crippen MR) is 94.4 cm³/mol. The number of para-hydroxylation sites is 1. The Morgan fingerprint density at radius 3 is 2.52 bits per heavy atom. The van der Waals surface area contributed by atoms with Crippen LogP contribution >= 0.6 is 0 Å². The van der Waals surface area contributed by atoms with E-state index in [2.05, 4.69) is 30.7 Å². The summed E-state index contributed by atoms with van der Waals surface area (Å²) in [5, 5.41) is 18.6. The van der Waals surface area contributed by atoms with Gasteiger partial charge in [0.1, 0.15) is 0 Å². The van der Waals surface area contributed by atoms with Gasteiger partial charge in [0, 0.05) is 10.9 Å². The first kappa shape index (κ1) is 17.0. The normalized spacial score (nSPS) is 11.7. The van der Waals surface area contributed by atoms with Gasteiger partial charge >= 0.3 is 6.18 Å². The third-order valence-electron chi connectivity index (χ3n) is 4.04. The number of alkyl halides is 3. The molecule has 4 rings (SSSR count). The van der Waals surface area contributed by atoms with E-state index in [1.54, 1.807) is 6.92 Å². The van der Waals surface area contributed by atoms with Gasteiger partial charge in [0.05, 0.1) is 22.5 Å². The van der Waals surface area contributed by atoms with Crippen molar-refractivity contribution in [2.24, 2.45) is 0 Å². The maximum atomic E-state index is 13.4. The molecule has 2 N–H and O–H groups in total. The first-order valence-corrected chi connectivity index (χ1v) is 8.01. The fourth-order valence-electron chi connectivity index (χ4n) is 2.79. The molecular formula is C18H13F3N6. The van der Waals surface area contributed by atoms with Crippen molar-refractivity contribution in [3.63, 3.8) is 0 Å². The molecule has 2 aromatic carbocycles. The molecule has 0 saturated heterocycles.